The Bertz CT molecular complexity index is 1150. The fourth-order valence-electron chi connectivity index (χ4n) is 6.53. The molecule has 0 radical (unpaired) electrons. The van der Waals surface area contributed by atoms with Gasteiger partial charge in [0.15, 0.2) is 11.8 Å². The highest BCUT2D eigenvalue weighted by Gasteiger charge is 2.69. The summed E-state index contributed by atoms with van der Waals surface area (Å²) in [5.74, 6) is -11.6. The molecule has 1 heterocycles. The molecular weight excluding hydrogens is 511 g/mol. The summed E-state index contributed by atoms with van der Waals surface area (Å²) in [5, 5.41) is 9.61. The van der Waals surface area contributed by atoms with Crippen molar-refractivity contribution in [1.82, 2.24) is 0 Å². The zero-order valence-corrected chi connectivity index (χ0v) is 21.6. The van der Waals surface area contributed by atoms with Gasteiger partial charge in [0.2, 0.25) is 0 Å². The van der Waals surface area contributed by atoms with Gasteiger partial charge in [-0.2, -0.15) is 13.2 Å². The second kappa shape index (κ2) is 9.62. The normalized spacial score (nSPS) is 33.4. The van der Waals surface area contributed by atoms with Crippen molar-refractivity contribution in [3.05, 3.63) is 23.3 Å². The molecule has 0 aromatic carbocycles. The van der Waals surface area contributed by atoms with Crippen LogP contribution in [0.15, 0.2) is 28.3 Å². The summed E-state index contributed by atoms with van der Waals surface area (Å²) in [4.78, 5) is 55.6. The summed E-state index contributed by atoms with van der Waals surface area (Å²) in [5.41, 5.74) is -1.67. The molecule has 9 nitrogen and oxygen atoms in total. The van der Waals surface area contributed by atoms with E-state index >= 15 is 0 Å². The van der Waals surface area contributed by atoms with Crippen LogP contribution in [0.3, 0.4) is 0 Å². The molecule has 0 spiro atoms. The van der Waals surface area contributed by atoms with Gasteiger partial charge in [0.25, 0.3) is 0 Å². The number of ketones is 1. The van der Waals surface area contributed by atoms with Gasteiger partial charge >= 0.3 is 24.1 Å². The molecule has 5 rings (SSSR count). The molecule has 4 aliphatic carbocycles. The lowest BCUT2D eigenvalue weighted by atomic mass is 9.42. The molecule has 0 saturated heterocycles. The Balaban J connectivity index is 1.92. The van der Waals surface area contributed by atoms with E-state index in [-0.39, 0.29) is 17.8 Å². The number of allylic oxidation sites excluding steroid dienone is 2. The molecule has 2 bridgehead atoms. The van der Waals surface area contributed by atoms with Crippen molar-refractivity contribution >= 4 is 29.4 Å². The van der Waals surface area contributed by atoms with Crippen molar-refractivity contribution in [3.63, 3.8) is 0 Å². The number of nitrogens with zero attached hydrogens (tertiary/aromatic N) is 1. The second-order valence-electron chi connectivity index (χ2n) is 10.9. The summed E-state index contributed by atoms with van der Waals surface area (Å²) in [7, 11) is 1.13. The number of hydrogen-bond donors (Lipinski definition) is 1. The van der Waals surface area contributed by atoms with Crippen LogP contribution in [0.5, 0.6) is 0 Å². The molecule has 1 N–H and O–H groups in total. The Morgan fingerprint density at radius 3 is 2.11 bits per heavy atom. The minimum Gasteiger partial charge on any atom is -0.469 e. The van der Waals surface area contributed by atoms with Crippen molar-refractivity contribution in [1.29, 1.82) is 0 Å². The number of methoxy groups -OCH3 is 1. The van der Waals surface area contributed by atoms with Crippen molar-refractivity contribution in [2.75, 3.05) is 20.3 Å². The van der Waals surface area contributed by atoms with Gasteiger partial charge in [-0.15, -0.1) is 0 Å². The Kier molecular flexibility index (Phi) is 7.09. The van der Waals surface area contributed by atoms with Crippen molar-refractivity contribution in [2.24, 2.45) is 46.4 Å². The van der Waals surface area contributed by atoms with Gasteiger partial charge in [-0.1, -0.05) is 12.2 Å². The lowest BCUT2D eigenvalue weighted by molar-refractivity contribution is -0.187. The molecule has 1 saturated carbocycles. The molecule has 8 atom stereocenters. The minimum absolute atomic E-state index is 0.0183. The van der Waals surface area contributed by atoms with E-state index in [9.17, 15) is 37.5 Å². The summed E-state index contributed by atoms with van der Waals surface area (Å²) >= 11 is 0. The number of aliphatic imine (C=N–C) groups is 1. The third kappa shape index (κ3) is 4.36. The smallest absolute Gasteiger partial charge is 0.398 e. The van der Waals surface area contributed by atoms with Gasteiger partial charge in [0.1, 0.15) is 23.8 Å². The third-order valence-electron chi connectivity index (χ3n) is 7.64. The molecular formula is C26H30F3NO8. The summed E-state index contributed by atoms with van der Waals surface area (Å²) in [6.45, 7) is 5.08. The number of hydrogen-bond acceptors (Lipinski definition) is 9. The molecule has 1 aliphatic heterocycles. The number of halogens is 3. The van der Waals surface area contributed by atoms with Crippen LogP contribution < -0.4 is 0 Å². The number of dihydropyridines is 1. The van der Waals surface area contributed by atoms with E-state index in [1.165, 1.54) is 6.92 Å². The summed E-state index contributed by atoms with van der Waals surface area (Å²) < 4.78 is 59.1. The van der Waals surface area contributed by atoms with Crippen LogP contribution in [0.2, 0.25) is 0 Å². The van der Waals surface area contributed by atoms with Gasteiger partial charge in [-0.25, -0.2) is 9.59 Å². The molecule has 0 amide bonds. The van der Waals surface area contributed by atoms with Gasteiger partial charge in [-0.3, -0.25) is 14.6 Å². The van der Waals surface area contributed by atoms with Gasteiger partial charge < -0.3 is 19.3 Å². The van der Waals surface area contributed by atoms with Crippen molar-refractivity contribution in [2.45, 2.75) is 45.5 Å². The van der Waals surface area contributed by atoms with Crippen LogP contribution >= 0.6 is 0 Å². The molecule has 1 fully saturated rings. The lowest BCUT2D eigenvalue weighted by Gasteiger charge is -2.61. The van der Waals surface area contributed by atoms with Gasteiger partial charge in [-0.05, 0) is 56.6 Å². The monoisotopic (exact) mass is 541 g/mol. The van der Waals surface area contributed by atoms with Crippen LogP contribution in [0, 0.1) is 41.4 Å². The average Bonchev–Trinajstić information content (AvgIpc) is 2.82. The lowest BCUT2D eigenvalue weighted by Crippen LogP contribution is -2.63. The number of rotatable bonds is 6. The van der Waals surface area contributed by atoms with Crippen LogP contribution in [0.1, 0.15) is 27.7 Å². The first-order chi connectivity index (χ1) is 17.7. The summed E-state index contributed by atoms with van der Waals surface area (Å²) in [6.07, 6.45) is -1.71. The highest BCUT2D eigenvalue weighted by molar-refractivity contribution is 6.44. The van der Waals surface area contributed by atoms with E-state index in [4.69, 9.17) is 14.2 Å². The number of fused-ring (bicyclic) bond motifs is 1. The first-order valence-electron chi connectivity index (χ1n) is 12.4. The fourth-order valence-corrected chi connectivity index (χ4v) is 6.53. The summed E-state index contributed by atoms with van der Waals surface area (Å²) in [6, 6.07) is -2.08. The SMILES string of the molecule is CCOC(=O)C1N=C(C(=O)OC(C)(C)C)C2=C(C3C4C=CC(C(C(=O)OC)C4C(=O)CO)C23)C1C(F)(F)F. The van der Waals surface area contributed by atoms with E-state index in [0.717, 1.165) is 7.11 Å². The Morgan fingerprint density at radius 2 is 1.61 bits per heavy atom. The fraction of sp³-hybridized carbons (Fsp3) is 0.654. The van der Waals surface area contributed by atoms with Crippen molar-refractivity contribution in [3.8, 4) is 0 Å². The highest BCUT2D eigenvalue weighted by atomic mass is 19.4. The largest absolute Gasteiger partial charge is 0.469 e. The second-order valence-corrected chi connectivity index (χ2v) is 10.9. The van der Waals surface area contributed by atoms with E-state index < -0.39 is 95.3 Å². The predicted molar refractivity (Wildman–Crippen MR) is 124 cm³/mol. The highest BCUT2D eigenvalue weighted by Crippen LogP contribution is 2.66. The van der Waals surface area contributed by atoms with Crippen LogP contribution in [0.4, 0.5) is 13.2 Å². The maximum atomic E-state index is 14.6. The molecule has 0 aromatic rings. The average molecular weight is 542 g/mol. The molecule has 12 heteroatoms. The van der Waals surface area contributed by atoms with Crippen LogP contribution in [-0.2, 0) is 33.4 Å². The molecule has 5 aliphatic rings. The first-order valence-corrected chi connectivity index (χ1v) is 12.4. The zero-order valence-electron chi connectivity index (χ0n) is 21.6. The number of Topliss-reactive ketones (excluding diaryl/α,β-unsaturated/α-hetero) is 1. The first kappa shape index (κ1) is 28.0. The Hall–Kier alpha value is -3.02. The van der Waals surface area contributed by atoms with Crippen molar-refractivity contribution < 1.29 is 51.7 Å². The molecule has 8 unspecified atom stereocenters. The maximum absolute atomic E-state index is 14.6. The third-order valence-corrected chi connectivity index (χ3v) is 7.64. The Morgan fingerprint density at radius 1 is 1.00 bits per heavy atom. The minimum atomic E-state index is -4.94. The maximum Gasteiger partial charge on any atom is 0.398 e. The van der Waals surface area contributed by atoms with E-state index in [1.54, 1.807) is 32.9 Å². The van der Waals surface area contributed by atoms with Crippen LogP contribution in [-0.4, -0.2) is 72.7 Å². The van der Waals surface area contributed by atoms with E-state index in [2.05, 4.69) is 4.99 Å². The number of ether oxygens (including phenoxy) is 3. The van der Waals surface area contributed by atoms with Crippen LogP contribution in [0.25, 0.3) is 0 Å². The zero-order chi connectivity index (χ0) is 28.3. The number of aliphatic hydroxyl groups is 1. The standard InChI is InChI=1S/C26H30F3NO8/c1-6-37-23(34)21-19(26(27,28)29)17-14-10-7-8-11(16(22(33)36-5)13(10)12(32)9-31)15(14)18(17)20(30-21)24(35)38-25(2,3)4/h7-8,10-11,13-16,19,21,31H,6,9H2,1-5H3. The van der Waals surface area contributed by atoms with Gasteiger partial charge in [0.05, 0.1) is 19.6 Å². The quantitative estimate of drug-likeness (QED) is 0.308. The van der Waals surface area contributed by atoms with E-state index in [1.807, 2.05) is 0 Å². The molecule has 38 heavy (non-hydrogen) atoms. The number of carbonyl (C=O) groups excluding carboxylic acids is 4. The number of esters is 3. The number of aliphatic hydroxyl groups excluding tert-OH is 1. The number of carbonyl (C=O) groups is 4. The number of alkyl halides is 3. The van der Waals surface area contributed by atoms with Gasteiger partial charge in [0, 0.05) is 11.8 Å². The molecule has 208 valence electrons. The van der Waals surface area contributed by atoms with E-state index in [0.29, 0.717) is 0 Å². The topological polar surface area (TPSA) is 129 Å². The molecule has 0 aromatic heterocycles. The Labute approximate surface area is 217 Å². The predicted octanol–water partition coefficient (Wildman–Crippen LogP) is 2.22.